The van der Waals surface area contributed by atoms with Gasteiger partial charge in [0.2, 0.25) is 17.8 Å². The number of aromatic nitrogens is 3. The first-order chi connectivity index (χ1) is 18.5. The Labute approximate surface area is 226 Å². The fraction of sp³-hybridized carbons (Fsp3) is 0.560. The number of hydrogen-bond donors (Lipinski definition) is 1. The Bertz CT molecular complexity index is 1070. The Hall–Kier alpha value is -3.00. The van der Waals surface area contributed by atoms with Gasteiger partial charge in [0.15, 0.2) is 0 Å². The normalized spacial score (nSPS) is 20.2. The summed E-state index contributed by atoms with van der Waals surface area (Å²) in [5, 5.41) is 1.67. The first-order valence-corrected chi connectivity index (χ1v) is 13.7. The number of benzene rings is 1. The van der Waals surface area contributed by atoms with Crippen molar-refractivity contribution in [1.82, 2.24) is 25.2 Å². The van der Waals surface area contributed by atoms with Crippen molar-refractivity contribution in [3.8, 4) is 5.75 Å². The largest absolute Gasteiger partial charge is 0.492 e. The van der Waals surface area contributed by atoms with Crippen molar-refractivity contribution >= 4 is 34.8 Å². The molecule has 1 aromatic carbocycles. The van der Waals surface area contributed by atoms with Crippen molar-refractivity contribution in [2.24, 2.45) is 0 Å². The highest BCUT2D eigenvalue weighted by Crippen LogP contribution is 2.24. The number of likely N-dealkylation sites (N-methyl/N-ethyl adjacent to an activating group) is 1. The number of hydrogen-bond acceptors (Lipinski definition) is 12. The van der Waals surface area contributed by atoms with Crippen LogP contribution in [0.25, 0.3) is 0 Å². The van der Waals surface area contributed by atoms with Crippen LogP contribution in [0.1, 0.15) is 11.4 Å². The van der Waals surface area contributed by atoms with E-state index >= 15 is 0 Å². The maximum Gasteiger partial charge on any atom is 0.286 e. The molecular weight excluding hydrogens is 510 g/mol. The van der Waals surface area contributed by atoms with E-state index in [4.69, 9.17) is 29.2 Å². The molecule has 3 fully saturated rings. The van der Waals surface area contributed by atoms with E-state index in [-0.39, 0.29) is 16.4 Å². The van der Waals surface area contributed by atoms with E-state index in [0.29, 0.717) is 64.4 Å². The molecule has 1 atom stereocenters. The molecule has 12 nitrogen and oxygen atoms in total. The SMILES string of the molecule is CN(CCOc1ccc(CC2SC(=O)NC2=O)cc1)Cc1nc(N2CCOCC2)nc(N2CCOCC2)n1. The van der Waals surface area contributed by atoms with Crippen LogP contribution in [0, 0.1) is 0 Å². The number of ether oxygens (including phenoxy) is 3. The average molecular weight is 544 g/mol. The van der Waals surface area contributed by atoms with Crippen molar-refractivity contribution in [3.05, 3.63) is 35.7 Å². The van der Waals surface area contributed by atoms with Gasteiger partial charge in [-0.3, -0.25) is 19.8 Å². The summed E-state index contributed by atoms with van der Waals surface area (Å²) in [6.45, 7) is 7.48. The van der Waals surface area contributed by atoms with Crippen LogP contribution in [0.2, 0.25) is 0 Å². The molecule has 204 valence electrons. The van der Waals surface area contributed by atoms with Gasteiger partial charge in [0.25, 0.3) is 5.24 Å². The summed E-state index contributed by atoms with van der Waals surface area (Å²) in [4.78, 5) is 43.9. The Balaban J connectivity index is 1.14. The molecule has 3 aliphatic heterocycles. The third-order valence-electron chi connectivity index (χ3n) is 6.51. The van der Waals surface area contributed by atoms with Gasteiger partial charge in [0.1, 0.15) is 18.2 Å². The predicted molar refractivity (Wildman–Crippen MR) is 143 cm³/mol. The molecule has 38 heavy (non-hydrogen) atoms. The molecule has 1 N–H and O–H groups in total. The minimum absolute atomic E-state index is 0.226. The highest BCUT2D eigenvalue weighted by atomic mass is 32.2. The first-order valence-electron chi connectivity index (χ1n) is 12.9. The van der Waals surface area contributed by atoms with Crippen LogP contribution in [0.15, 0.2) is 24.3 Å². The highest BCUT2D eigenvalue weighted by Gasteiger charge is 2.31. The number of rotatable bonds is 10. The van der Waals surface area contributed by atoms with Gasteiger partial charge in [0.05, 0.1) is 38.2 Å². The lowest BCUT2D eigenvalue weighted by Gasteiger charge is -2.30. The van der Waals surface area contributed by atoms with E-state index in [1.54, 1.807) is 0 Å². The molecule has 4 heterocycles. The Morgan fingerprint density at radius 3 is 2.13 bits per heavy atom. The zero-order chi connectivity index (χ0) is 26.3. The first kappa shape index (κ1) is 26.6. The molecule has 0 aliphatic carbocycles. The van der Waals surface area contributed by atoms with Crippen LogP contribution < -0.4 is 19.9 Å². The minimum Gasteiger partial charge on any atom is -0.492 e. The molecule has 3 saturated heterocycles. The summed E-state index contributed by atoms with van der Waals surface area (Å²) in [6, 6.07) is 7.65. The van der Waals surface area contributed by atoms with Gasteiger partial charge < -0.3 is 24.0 Å². The van der Waals surface area contributed by atoms with Gasteiger partial charge >= 0.3 is 0 Å². The number of nitrogens with zero attached hydrogens (tertiary/aromatic N) is 6. The fourth-order valence-electron chi connectivity index (χ4n) is 4.38. The smallest absolute Gasteiger partial charge is 0.286 e. The molecule has 1 aromatic heterocycles. The monoisotopic (exact) mass is 543 g/mol. The fourth-order valence-corrected chi connectivity index (χ4v) is 5.24. The van der Waals surface area contributed by atoms with Crippen LogP contribution in [-0.2, 0) is 27.2 Å². The molecule has 2 aromatic rings. The second-order valence-electron chi connectivity index (χ2n) is 9.37. The van der Waals surface area contributed by atoms with Gasteiger partial charge in [-0.15, -0.1) is 0 Å². The second-order valence-corrected chi connectivity index (χ2v) is 10.5. The summed E-state index contributed by atoms with van der Waals surface area (Å²) < 4.78 is 16.9. The van der Waals surface area contributed by atoms with Crippen LogP contribution in [0.5, 0.6) is 5.75 Å². The molecule has 0 bridgehead atoms. The number of carbonyl (C=O) groups is 2. The van der Waals surface area contributed by atoms with Crippen LogP contribution in [-0.4, -0.2) is 109 Å². The van der Waals surface area contributed by atoms with Gasteiger partial charge in [-0.25, -0.2) is 0 Å². The Morgan fingerprint density at radius 2 is 1.58 bits per heavy atom. The predicted octanol–water partition coefficient (Wildman–Crippen LogP) is 0.950. The Kier molecular flexibility index (Phi) is 8.89. The maximum absolute atomic E-state index is 11.8. The van der Waals surface area contributed by atoms with Crippen LogP contribution >= 0.6 is 11.8 Å². The molecule has 5 rings (SSSR count). The van der Waals surface area contributed by atoms with E-state index in [1.165, 1.54) is 0 Å². The molecule has 0 spiro atoms. The molecule has 13 heteroatoms. The number of morpholine rings is 2. The molecule has 1 unspecified atom stereocenters. The van der Waals surface area contributed by atoms with E-state index in [0.717, 1.165) is 55.1 Å². The number of thioether (sulfide) groups is 1. The third-order valence-corrected chi connectivity index (χ3v) is 7.49. The number of carbonyl (C=O) groups excluding carboxylic acids is 2. The number of amides is 2. The van der Waals surface area contributed by atoms with E-state index in [2.05, 4.69) is 20.0 Å². The summed E-state index contributed by atoms with van der Waals surface area (Å²) in [6.07, 6.45) is 0.510. The minimum atomic E-state index is -0.370. The summed E-state index contributed by atoms with van der Waals surface area (Å²) >= 11 is 1.04. The molecule has 2 amide bonds. The van der Waals surface area contributed by atoms with Crippen molar-refractivity contribution in [2.75, 3.05) is 82.6 Å². The lowest BCUT2D eigenvalue weighted by Crippen LogP contribution is -2.40. The second kappa shape index (κ2) is 12.7. The number of anilines is 2. The summed E-state index contributed by atoms with van der Waals surface area (Å²) in [5.41, 5.74) is 0.985. The topological polar surface area (TPSA) is 122 Å². The van der Waals surface area contributed by atoms with E-state index in [1.807, 2.05) is 31.3 Å². The van der Waals surface area contributed by atoms with Gasteiger partial charge in [-0.1, -0.05) is 23.9 Å². The standard InChI is InChI=1S/C25H33N7O5S/c1-30(6-15-37-19-4-2-18(3-5-19)16-20-22(33)28-25(34)38-20)17-21-26-23(31-7-11-35-12-8-31)29-24(27-21)32-9-13-36-14-10-32/h2-5,20H,6-17H2,1H3,(H,28,33,34). The van der Waals surface area contributed by atoms with Crippen molar-refractivity contribution in [2.45, 2.75) is 18.2 Å². The molecule has 0 saturated carbocycles. The van der Waals surface area contributed by atoms with E-state index in [9.17, 15) is 9.59 Å². The van der Waals surface area contributed by atoms with Crippen molar-refractivity contribution in [3.63, 3.8) is 0 Å². The van der Waals surface area contributed by atoms with Crippen molar-refractivity contribution in [1.29, 1.82) is 0 Å². The molecule has 3 aliphatic rings. The third kappa shape index (κ3) is 7.10. The summed E-state index contributed by atoms with van der Waals surface area (Å²) in [7, 11) is 2.02. The Morgan fingerprint density at radius 1 is 0.974 bits per heavy atom. The highest BCUT2D eigenvalue weighted by molar-refractivity contribution is 8.15. The lowest BCUT2D eigenvalue weighted by atomic mass is 10.1. The zero-order valence-electron chi connectivity index (χ0n) is 21.5. The quantitative estimate of drug-likeness (QED) is 0.459. The summed E-state index contributed by atoms with van der Waals surface area (Å²) in [5.74, 6) is 2.65. The van der Waals surface area contributed by atoms with E-state index < -0.39 is 0 Å². The van der Waals surface area contributed by atoms with Gasteiger partial charge in [-0.05, 0) is 31.2 Å². The zero-order valence-corrected chi connectivity index (χ0v) is 22.3. The number of imide groups is 1. The maximum atomic E-state index is 11.8. The molecule has 0 radical (unpaired) electrons. The van der Waals surface area contributed by atoms with Gasteiger partial charge in [0, 0.05) is 32.7 Å². The van der Waals surface area contributed by atoms with Gasteiger partial charge in [-0.2, -0.15) is 15.0 Å². The lowest BCUT2D eigenvalue weighted by molar-refractivity contribution is -0.118. The number of nitrogens with one attached hydrogen (secondary N) is 1. The average Bonchev–Trinajstić information content (AvgIpc) is 3.26. The van der Waals surface area contributed by atoms with Crippen LogP contribution in [0.3, 0.4) is 0 Å². The van der Waals surface area contributed by atoms with Crippen LogP contribution in [0.4, 0.5) is 16.7 Å². The van der Waals surface area contributed by atoms with Crippen molar-refractivity contribution < 1.29 is 23.8 Å². The molecular formula is C25H33N7O5S.